The zero-order chi connectivity index (χ0) is 17.8. The Hall–Kier alpha value is -2.60. The lowest BCUT2D eigenvalue weighted by atomic mass is 10.1. The minimum atomic E-state index is -0.667. The molecule has 0 spiro atoms. The summed E-state index contributed by atoms with van der Waals surface area (Å²) < 4.78 is 11.4. The van der Waals surface area contributed by atoms with E-state index in [1.165, 1.54) is 0 Å². The second-order valence-electron chi connectivity index (χ2n) is 5.54. The molecule has 0 aliphatic carbocycles. The van der Waals surface area contributed by atoms with E-state index in [-0.39, 0.29) is 24.3 Å². The van der Waals surface area contributed by atoms with E-state index in [1.54, 1.807) is 12.1 Å². The predicted octanol–water partition coefficient (Wildman–Crippen LogP) is 4.23. The van der Waals surface area contributed by atoms with E-state index in [9.17, 15) is 9.59 Å². The second-order valence-corrected chi connectivity index (χ2v) is 6.39. The summed E-state index contributed by atoms with van der Waals surface area (Å²) in [5, 5.41) is 3.60. The summed E-state index contributed by atoms with van der Waals surface area (Å²) in [4.78, 5) is 24.0. The molecule has 3 rings (SSSR count). The molecule has 0 radical (unpaired) electrons. The predicted molar refractivity (Wildman–Crippen MR) is 97.2 cm³/mol. The molecule has 6 heteroatoms. The number of amides is 1. The van der Waals surface area contributed by atoms with Crippen molar-refractivity contribution in [3.05, 3.63) is 70.4 Å². The van der Waals surface area contributed by atoms with E-state index in [0.29, 0.717) is 5.58 Å². The van der Waals surface area contributed by atoms with E-state index >= 15 is 0 Å². The molecule has 0 saturated carbocycles. The maximum absolute atomic E-state index is 12.0. The van der Waals surface area contributed by atoms with E-state index in [4.69, 9.17) is 9.15 Å². The molecule has 128 valence electrons. The van der Waals surface area contributed by atoms with Crippen molar-refractivity contribution < 1.29 is 18.7 Å². The Labute approximate surface area is 153 Å². The van der Waals surface area contributed by atoms with E-state index in [2.05, 4.69) is 21.2 Å². The van der Waals surface area contributed by atoms with E-state index < -0.39 is 5.97 Å². The molecular weight excluding hydrogens is 386 g/mol. The third-order valence-electron chi connectivity index (χ3n) is 3.71. The lowest BCUT2D eigenvalue weighted by Crippen LogP contribution is -2.31. The van der Waals surface area contributed by atoms with Crippen LogP contribution in [0, 0.1) is 0 Å². The molecule has 1 atom stereocenters. The topological polar surface area (TPSA) is 68.5 Å². The van der Waals surface area contributed by atoms with Gasteiger partial charge in [-0.2, -0.15) is 0 Å². The first-order valence-electron chi connectivity index (χ1n) is 7.74. The van der Waals surface area contributed by atoms with Crippen LogP contribution in [-0.4, -0.2) is 18.5 Å². The smallest absolute Gasteiger partial charge is 0.374 e. The molecule has 0 aliphatic rings. The van der Waals surface area contributed by atoms with Crippen LogP contribution in [0.3, 0.4) is 0 Å². The van der Waals surface area contributed by atoms with Gasteiger partial charge in [0.05, 0.1) is 6.04 Å². The minimum absolute atomic E-state index is 0.0767. The largest absolute Gasteiger partial charge is 0.450 e. The lowest BCUT2D eigenvalue weighted by Gasteiger charge is -2.15. The Balaban J connectivity index is 1.56. The van der Waals surface area contributed by atoms with Crippen molar-refractivity contribution in [1.29, 1.82) is 0 Å². The summed E-state index contributed by atoms with van der Waals surface area (Å²) in [5.41, 5.74) is 1.54. The van der Waals surface area contributed by atoms with Crippen LogP contribution < -0.4 is 5.32 Å². The van der Waals surface area contributed by atoms with Crippen molar-refractivity contribution in [2.45, 2.75) is 13.0 Å². The van der Waals surface area contributed by atoms with Gasteiger partial charge in [-0.3, -0.25) is 4.79 Å². The number of rotatable bonds is 5. The highest BCUT2D eigenvalue weighted by Gasteiger charge is 2.17. The van der Waals surface area contributed by atoms with Crippen LogP contribution in [0.1, 0.15) is 29.1 Å². The molecule has 0 bridgehead atoms. The molecule has 1 heterocycles. The molecule has 0 aliphatic heterocycles. The average molecular weight is 402 g/mol. The maximum Gasteiger partial charge on any atom is 0.374 e. The van der Waals surface area contributed by atoms with Gasteiger partial charge in [-0.15, -0.1) is 0 Å². The van der Waals surface area contributed by atoms with Crippen molar-refractivity contribution >= 4 is 38.8 Å². The van der Waals surface area contributed by atoms with Crippen LogP contribution in [0.5, 0.6) is 0 Å². The fraction of sp³-hybridized carbons (Fsp3) is 0.158. The first-order chi connectivity index (χ1) is 12.0. The molecule has 0 fully saturated rings. The van der Waals surface area contributed by atoms with Gasteiger partial charge in [-0.05, 0) is 30.7 Å². The zero-order valence-corrected chi connectivity index (χ0v) is 15.1. The Morgan fingerprint density at radius 1 is 1.16 bits per heavy atom. The number of carbonyl (C=O) groups excluding carboxylic acids is 2. The number of furan rings is 1. The summed E-state index contributed by atoms with van der Waals surface area (Å²) in [7, 11) is 0. The van der Waals surface area contributed by atoms with E-state index in [1.807, 2.05) is 49.4 Å². The summed E-state index contributed by atoms with van der Waals surface area (Å²) in [5.74, 6) is -0.972. The summed E-state index contributed by atoms with van der Waals surface area (Å²) in [6, 6.07) is 16.3. The quantitative estimate of drug-likeness (QED) is 0.649. The minimum Gasteiger partial charge on any atom is -0.450 e. The van der Waals surface area contributed by atoms with Gasteiger partial charge >= 0.3 is 5.97 Å². The van der Waals surface area contributed by atoms with Crippen molar-refractivity contribution in [1.82, 2.24) is 5.32 Å². The average Bonchev–Trinajstić information content (AvgIpc) is 3.04. The van der Waals surface area contributed by atoms with Gasteiger partial charge in [0.15, 0.2) is 6.61 Å². The maximum atomic E-state index is 12.0. The standard InChI is InChI=1S/C19H16BrNO4/c1-12(14-7-3-4-8-15(14)20)21-18(22)11-24-19(23)17-10-13-6-2-5-9-16(13)25-17/h2-10,12H,11H2,1H3,(H,21,22)/t12-/m1/s1. The molecule has 0 saturated heterocycles. The third kappa shape index (κ3) is 4.09. The summed E-state index contributed by atoms with van der Waals surface area (Å²) in [6.45, 7) is 1.49. The molecular formula is C19H16BrNO4. The summed E-state index contributed by atoms with van der Waals surface area (Å²) in [6.07, 6.45) is 0. The number of esters is 1. The number of hydrogen-bond donors (Lipinski definition) is 1. The van der Waals surface area contributed by atoms with Gasteiger partial charge in [0.1, 0.15) is 5.58 Å². The first kappa shape index (κ1) is 17.2. The van der Waals surface area contributed by atoms with Gasteiger partial charge in [-0.1, -0.05) is 52.3 Å². The fourth-order valence-electron chi connectivity index (χ4n) is 2.47. The highest BCUT2D eigenvalue weighted by Crippen LogP contribution is 2.22. The van der Waals surface area contributed by atoms with Crippen LogP contribution in [0.25, 0.3) is 11.0 Å². The molecule has 1 N–H and O–H groups in total. The van der Waals surface area contributed by atoms with Crippen LogP contribution in [-0.2, 0) is 9.53 Å². The van der Waals surface area contributed by atoms with Crippen molar-refractivity contribution in [2.24, 2.45) is 0 Å². The van der Waals surface area contributed by atoms with Crippen LogP contribution in [0.15, 0.2) is 63.5 Å². The number of carbonyl (C=O) groups is 2. The number of nitrogens with one attached hydrogen (secondary N) is 1. The highest BCUT2D eigenvalue weighted by atomic mass is 79.9. The number of benzene rings is 2. The van der Waals surface area contributed by atoms with E-state index in [0.717, 1.165) is 15.4 Å². The molecule has 1 amide bonds. The van der Waals surface area contributed by atoms with Crippen molar-refractivity contribution in [3.8, 4) is 0 Å². The third-order valence-corrected chi connectivity index (χ3v) is 4.43. The second kappa shape index (κ2) is 7.53. The van der Waals surface area contributed by atoms with Gasteiger partial charge < -0.3 is 14.5 Å². The number of fused-ring (bicyclic) bond motifs is 1. The highest BCUT2D eigenvalue weighted by molar-refractivity contribution is 9.10. The molecule has 3 aromatic rings. The van der Waals surface area contributed by atoms with Crippen molar-refractivity contribution in [3.63, 3.8) is 0 Å². The molecule has 1 aromatic heterocycles. The number of hydrogen-bond acceptors (Lipinski definition) is 4. The lowest BCUT2D eigenvalue weighted by molar-refractivity contribution is -0.124. The number of ether oxygens (including phenoxy) is 1. The Morgan fingerprint density at radius 3 is 2.64 bits per heavy atom. The summed E-state index contributed by atoms with van der Waals surface area (Å²) >= 11 is 3.45. The Bertz CT molecular complexity index is 885. The van der Waals surface area contributed by atoms with Gasteiger partial charge in [0.25, 0.3) is 5.91 Å². The fourth-order valence-corrected chi connectivity index (χ4v) is 3.10. The molecule has 0 unspecified atom stereocenters. The van der Waals surface area contributed by atoms with Crippen LogP contribution in [0.4, 0.5) is 0 Å². The number of para-hydroxylation sites is 1. The van der Waals surface area contributed by atoms with Gasteiger partial charge in [-0.25, -0.2) is 4.79 Å². The van der Waals surface area contributed by atoms with Gasteiger partial charge in [0.2, 0.25) is 5.76 Å². The van der Waals surface area contributed by atoms with Crippen LogP contribution in [0.2, 0.25) is 0 Å². The number of halogens is 1. The van der Waals surface area contributed by atoms with Crippen LogP contribution >= 0.6 is 15.9 Å². The Kier molecular flexibility index (Phi) is 5.19. The van der Waals surface area contributed by atoms with Crippen molar-refractivity contribution in [2.75, 3.05) is 6.61 Å². The zero-order valence-electron chi connectivity index (χ0n) is 13.5. The monoisotopic (exact) mass is 401 g/mol. The normalized spacial score (nSPS) is 11.9. The van der Waals surface area contributed by atoms with Gasteiger partial charge in [0, 0.05) is 9.86 Å². The Morgan fingerprint density at radius 2 is 1.88 bits per heavy atom. The first-order valence-corrected chi connectivity index (χ1v) is 8.53. The SMILES string of the molecule is C[C@@H](NC(=O)COC(=O)c1cc2ccccc2o1)c1ccccc1Br. The molecule has 2 aromatic carbocycles. The molecule has 5 nitrogen and oxygen atoms in total. The molecule has 25 heavy (non-hydrogen) atoms.